The van der Waals surface area contributed by atoms with E-state index in [4.69, 9.17) is 26.1 Å². The van der Waals surface area contributed by atoms with E-state index in [0.717, 1.165) is 60.6 Å². The lowest BCUT2D eigenvalue weighted by Gasteiger charge is -2.11. The van der Waals surface area contributed by atoms with Crippen molar-refractivity contribution in [2.45, 2.75) is 32.2 Å². The van der Waals surface area contributed by atoms with Crippen molar-refractivity contribution in [2.75, 3.05) is 20.3 Å². The van der Waals surface area contributed by atoms with E-state index >= 15 is 0 Å². The van der Waals surface area contributed by atoms with E-state index in [2.05, 4.69) is 16.0 Å². The Morgan fingerprint density at radius 3 is 2.63 bits per heavy atom. The van der Waals surface area contributed by atoms with Crippen LogP contribution in [0.4, 0.5) is 0 Å². The molecule has 0 aliphatic rings. The fourth-order valence-electron chi connectivity index (χ4n) is 4.01. The van der Waals surface area contributed by atoms with E-state index in [1.807, 2.05) is 54.6 Å². The molecule has 182 valence electrons. The van der Waals surface area contributed by atoms with Crippen molar-refractivity contribution in [3.8, 4) is 11.5 Å². The van der Waals surface area contributed by atoms with E-state index < -0.39 is 0 Å². The van der Waals surface area contributed by atoms with Crippen molar-refractivity contribution in [3.63, 3.8) is 0 Å². The van der Waals surface area contributed by atoms with Crippen molar-refractivity contribution >= 4 is 28.5 Å². The van der Waals surface area contributed by atoms with Gasteiger partial charge in [-0.2, -0.15) is 0 Å². The predicted molar refractivity (Wildman–Crippen MR) is 140 cm³/mol. The zero-order valence-electron chi connectivity index (χ0n) is 19.9. The largest absolute Gasteiger partial charge is 0.497 e. The normalized spacial score (nSPS) is 10.9. The molecule has 1 amide bonds. The van der Waals surface area contributed by atoms with Crippen molar-refractivity contribution < 1.29 is 14.3 Å². The highest BCUT2D eigenvalue weighted by Gasteiger charge is 2.12. The molecular formula is C28H30ClN3O3. The van der Waals surface area contributed by atoms with Crippen LogP contribution >= 0.6 is 11.6 Å². The number of imidazole rings is 1. The number of nitrogens with one attached hydrogen (secondary N) is 1. The third-order valence-electron chi connectivity index (χ3n) is 5.80. The average Bonchev–Trinajstić information content (AvgIpc) is 3.24. The van der Waals surface area contributed by atoms with Gasteiger partial charge < -0.3 is 19.4 Å². The van der Waals surface area contributed by atoms with Gasteiger partial charge >= 0.3 is 0 Å². The molecule has 6 nitrogen and oxygen atoms in total. The van der Waals surface area contributed by atoms with E-state index in [9.17, 15) is 4.79 Å². The highest BCUT2D eigenvalue weighted by atomic mass is 35.5. The molecule has 0 bridgehead atoms. The number of benzene rings is 3. The van der Waals surface area contributed by atoms with E-state index in [-0.39, 0.29) is 5.91 Å². The van der Waals surface area contributed by atoms with Crippen molar-refractivity contribution in [1.82, 2.24) is 14.9 Å². The van der Waals surface area contributed by atoms with Crippen molar-refractivity contribution in [1.29, 1.82) is 0 Å². The van der Waals surface area contributed by atoms with Crippen LogP contribution in [0.5, 0.6) is 11.5 Å². The van der Waals surface area contributed by atoms with Crippen LogP contribution in [0.15, 0.2) is 72.8 Å². The third kappa shape index (κ3) is 6.55. The Kier molecular flexibility index (Phi) is 8.63. The summed E-state index contributed by atoms with van der Waals surface area (Å²) in [6.07, 6.45) is 3.47. The zero-order chi connectivity index (χ0) is 24.5. The van der Waals surface area contributed by atoms with E-state index in [0.29, 0.717) is 23.7 Å². The lowest BCUT2D eigenvalue weighted by Crippen LogP contribution is -2.25. The Morgan fingerprint density at radius 1 is 0.971 bits per heavy atom. The van der Waals surface area contributed by atoms with Gasteiger partial charge in [0, 0.05) is 25.6 Å². The van der Waals surface area contributed by atoms with Crippen molar-refractivity contribution in [3.05, 3.63) is 89.2 Å². The molecule has 0 fully saturated rings. The average molecular weight is 492 g/mol. The number of halogens is 1. The first-order chi connectivity index (χ1) is 17.2. The second-order valence-electron chi connectivity index (χ2n) is 8.24. The summed E-state index contributed by atoms with van der Waals surface area (Å²) in [6.45, 7) is 2.06. The Labute approximate surface area is 210 Å². The fourth-order valence-corrected chi connectivity index (χ4v) is 4.23. The SMILES string of the molecule is COc1cccc(OCCCCn2c(CCCNC(=O)c3ccccc3Cl)nc3ccccc32)c1. The van der Waals surface area contributed by atoms with Gasteiger partial charge in [0.2, 0.25) is 0 Å². The predicted octanol–water partition coefficient (Wildman–Crippen LogP) is 5.92. The van der Waals surface area contributed by atoms with Gasteiger partial charge in [-0.1, -0.05) is 41.9 Å². The summed E-state index contributed by atoms with van der Waals surface area (Å²) < 4.78 is 13.4. The number of methoxy groups -OCH3 is 1. The number of carbonyl (C=O) groups excluding carboxylic acids is 1. The van der Waals surface area contributed by atoms with Gasteiger partial charge in [0.15, 0.2) is 0 Å². The molecule has 0 saturated heterocycles. The molecule has 7 heteroatoms. The van der Waals surface area contributed by atoms with Gasteiger partial charge in [-0.3, -0.25) is 4.79 Å². The van der Waals surface area contributed by atoms with Gasteiger partial charge in [0.25, 0.3) is 5.91 Å². The highest BCUT2D eigenvalue weighted by Crippen LogP contribution is 2.20. The Balaban J connectivity index is 1.29. The smallest absolute Gasteiger partial charge is 0.252 e. The number of carbonyl (C=O) groups is 1. The van der Waals surface area contributed by atoms with Gasteiger partial charge in [0.1, 0.15) is 17.3 Å². The Bertz CT molecular complexity index is 1270. The molecule has 1 aromatic heterocycles. The maximum absolute atomic E-state index is 12.4. The molecule has 0 radical (unpaired) electrons. The summed E-state index contributed by atoms with van der Waals surface area (Å²) in [5, 5.41) is 3.42. The zero-order valence-corrected chi connectivity index (χ0v) is 20.6. The first-order valence-electron chi connectivity index (χ1n) is 11.9. The minimum absolute atomic E-state index is 0.153. The molecule has 0 unspecified atom stereocenters. The number of para-hydroxylation sites is 2. The van der Waals surface area contributed by atoms with Crippen LogP contribution in [0.2, 0.25) is 5.02 Å². The van der Waals surface area contributed by atoms with Crippen LogP contribution in [-0.2, 0) is 13.0 Å². The fraction of sp³-hybridized carbons (Fsp3) is 0.286. The first kappa shape index (κ1) is 24.6. The minimum atomic E-state index is -0.153. The molecule has 35 heavy (non-hydrogen) atoms. The van der Waals surface area contributed by atoms with E-state index in [1.54, 1.807) is 19.2 Å². The number of ether oxygens (including phenoxy) is 2. The molecule has 0 atom stereocenters. The summed E-state index contributed by atoms with van der Waals surface area (Å²) >= 11 is 6.12. The number of aryl methyl sites for hydroxylation is 2. The maximum atomic E-state index is 12.4. The molecule has 0 saturated carbocycles. The van der Waals surface area contributed by atoms with Crippen LogP contribution in [0.3, 0.4) is 0 Å². The van der Waals surface area contributed by atoms with Gasteiger partial charge in [0.05, 0.1) is 35.3 Å². The molecule has 1 N–H and O–H groups in total. The molecule has 0 aliphatic heterocycles. The Morgan fingerprint density at radius 2 is 1.77 bits per heavy atom. The van der Waals surface area contributed by atoms with Gasteiger partial charge in [-0.25, -0.2) is 4.98 Å². The highest BCUT2D eigenvalue weighted by molar-refractivity contribution is 6.33. The molecular weight excluding hydrogens is 462 g/mol. The first-order valence-corrected chi connectivity index (χ1v) is 12.3. The quantitative estimate of drug-likeness (QED) is 0.250. The molecule has 4 rings (SSSR count). The number of hydrogen-bond donors (Lipinski definition) is 1. The van der Waals surface area contributed by atoms with Crippen LogP contribution in [0.1, 0.15) is 35.4 Å². The molecule has 4 aromatic rings. The number of unbranched alkanes of at least 4 members (excludes halogenated alkanes) is 1. The summed E-state index contributed by atoms with van der Waals surface area (Å²) in [7, 11) is 1.65. The summed E-state index contributed by atoms with van der Waals surface area (Å²) in [6, 6.07) is 22.9. The molecule has 1 heterocycles. The summed E-state index contributed by atoms with van der Waals surface area (Å²) in [5.74, 6) is 2.49. The minimum Gasteiger partial charge on any atom is -0.497 e. The second-order valence-corrected chi connectivity index (χ2v) is 8.65. The number of fused-ring (bicyclic) bond motifs is 1. The Hall–Kier alpha value is -3.51. The van der Waals surface area contributed by atoms with Crippen LogP contribution in [0, 0.1) is 0 Å². The van der Waals surface area contributed by atoms with Gasteiger partial charge in [-0.05, 0) is 55.7 Å². The standard InChI is InChI=1S/C28H30ClN3O3/c1-34-21-10-8-11-22(20-21)35-19-7-6-18-32-26-15-5-4-14-25(26)31-27(32)16-9-17-30-28(33)23-12-2-3-13-24(23)29/h2-5,8,10-15,20H,6-7,9,16-19H2,1H3,(H,30,33). The van der Waals surface area contributed by atoms with Crippen molar-refractivity contribution in [2.24, 2.45) is 0 Å². The topological polar surface area (TPSA) is 65.4 Å². The number of hydrogen-bond acceptors (Lipinski definition) is 4. The number of amides is 1. The van der Waals surface area contributed by atoms with E-state index in [1.165, 1.54) is 0 Å². The third-order valence-corrected chi connectivity index (χ3v) is 6.13. The molecule has 3 aromatic carbocycles. The summed E-state index contributed by atoms with van der Waals surface area (Å²) in [4.78, 5) is 17.2. The lowest BCUT2D eigenvalue weighted by atomic mass is 10.2. The van der Waals surface area contributed by atoms with Gasteiger partial charge in [-0.15, -0.1) is 0 Å². The summed E-state index contributed by atoms with van der Waals surface area (Å²) in [5.41, 5.74) is 2.63. The monoisotopic (exact) mass is 491 g/mol. The van der Waals surface area contributed by atoms with Crippen LogP contribution in [0.25, 0.3) is 11.0 Å². The molecule has 0 aliphatic carbocycles. The number of nitrogens with zero attached hydrogens (tertiary/aromatic N) is 2. The second kappa shape index (κ2) is 12.3. The van der Waals surface area contributed by atoms with Crippen LogP contribution < -0.4 is 14.8 Å². The van der Waals surface area contributed by atoms with Crippen LogP contribution in [-0.4, -0.2) is 35.7 Å². The lowest BCUT2D eigenvalue weighted by molar-refractivity contribution is 0.0953. The number of rotatable bonds is 12. The maximum Gasteiger partial charge on any atom is 0.252 e. The number of aromatic nitrogens is 2. The molecule has 0 spiro atoms.